The monoisotopic (exact) mass is 383 g/mol. The fraction of sp³-hybridized carbons (Fsp3) is 0.238. The molecule has 0 bridgehead atoms. The lowest BCUT2D eigenvalue weighted by Crippen LogP contribution is -2.47. The summed E-state index contributed by atoms with van der Waals surface area (Å²) < 4.78 is 0. The van der Waals surface area contributed by atoms with E-state index in [1.807, 2.05) is 42.6 Å². The van der Waals surface area contributed by atoms with Gasteiger partial charge in [0.2, 0.25) is 11.8 Å². The van der Waals surface area contributed by atoms with E-state index in [2.05, 4.69) is 10.3 Å². The van der Waals surface area contributed by atoms with E-state index in [-0.39, 0.29) is 11.8 Å². The average Bonchev–Trinajstić information content (AvgIpc) is 3.05. The minimum atomic E-state index is -0.626. The van der Waals surface area contributed by atoms with Crippen LogP contribution >= 0.6 is 11.6 Å². The number of fused-ring (bicyclic) bond motifs is 1. The first-order valence-corrected chi connectivity index (χ1v) is 9.13. The van der Waals surface area contributed by atoms with Gasteiger partial charge >= 0.3 is 0 Å². The minimum absolute atomic E-state index is 0.134. The fourth-order valence-corrected chi connectivity index (χ4v) is 3.30. The van der Waals surface area contributed by atoms with Crippen LogP contribution in [0, 0.1) is 0 Å². The Morgan fingerprint density at radius 1 is 1.15 bits per heavy atom. The predicted molar refractivity (Wildman–Crippen MR) is 108 cm³/mol. The summed E-state index contributed by atoms with van der Waals surface area (Å²) >= 11 is 5.91. The molecule has 2 amide bonds. The number of amides is 2. The Balaban J connectivity index is 1.77. The Kier molecular flexibility index (Phi) is 5.81. The Morgan fingerprint density at radius 3 is 2.56 bits per heavy atom. The van der Waals surface area contributed by atoms with E-state index in [0.717, 1.165) is 22.0 Å². The van der Waals surface area contributed by atoms with Gasteiger partial charge in [0.25, 0.3) is 0 Å². The van der Waals surface area contributed by atoms with Crippen LogP contribution in [0.4, 0.5) is 0 Å². The van der Waals surface area contributed by atoms with E-state index in [0.29, 0.717) is 18.0 Å². The molecule has 0 spiro atoms. The number of carbonyl (C=O) groups is 2. The standard InChI is InChI=1S/C21H22ClN3O2/c1-14(26)24-20(11-16-12-23-19-6-4-3-5-18(16)19)21(27)25(2)13-15-7-9-17(22)10-8-15/h3-10,12,20,23H,11,13H2,1-2H3,(H,24,26)/t20-/m1/s1. The Bertz CT molecular complexity index is 949. The van der Waals surface area contributed by atoms with Gasteiger partial charge in [-0.1, -0.05) is 41.9 Å². The minimum Gasteiger partial charge on any atom is -0.361 e. The van der Waals surface area contributed by atoms with Crippen molar-refractivity contribution in [1.29, 1.82) is 0 Å². The number of carbonyl (C=O) groups excluding carboxylic acids is 2. The zero-order chi connectivity index (χ0) is 19.4. The molecule has 1 atom stereocenters. The summed E-state index contributed by atoms with van der Waals surface area (Å²) in [6, 6.07) is 14.7. The molecule has 1 heterocycles. The van der Waals surface area contributed by atoms with Gasteiger partial charge in [-0.05, 0) is 29.3 Å². The second kappa shape index (κ2) is 8.27. The molecule has 27 heavy (non-hydrogen) atoms. The normalized spacial score (nSPS) is 12.0. The Labute approximate surface area is 163 Å². The molecule has 2 N–H and O–H groups in total. The van der Waals surface area contributed by atoms with Crippen LogP contribution < -0.4 is 5.32 Å². The first-order chi connectivity index (χ1) is 12.9. The van der Waals surface area contributed by atoms with Gasteiger partial charge in [-0.25, -0.2) is 0 Å². The first kappa shape index (κ1) is 19.0. The van der Waals surface area contributed by atoms with Gasteiger partial charge in [0.05, 0.1) is 0 Å². The van der Waals surface area contributed by atoms with E-state index >= 15 is 0 Å². The number of benzene rings is 2. The SMILES string of the molecule is CC(=O)N[C@H](Cc1c[nH]c2ccccc12)C(=O)N(C)Cc1ccc(Cl)cc1. The van der Waals surface area contributed by atoms with Crippen molar-refractivity contribution in [3.05, 3.63) is 70.9 Å². The average molecular weight is 384 g/mol. The summed E-state index contributed by atoms with van der Waals surface area (Å²) in [5, 5.41) is 4.51. The summed E-state index contributed by atoms with van der Waals surface area (Å²) in [5.41, 5.74) is 2.98. The molecule has 0 unspecified atom stereocenters. The van der Waals surface area contributed by atoms with Gasteiger partial charge in [0, 0.05) is 49.1 Å². The van der Waals surface area contributed by atoms with Crippen molar-refractivity contribution in [2.24, 2.45) is 0 Å². The van der Waals surface area contributed by atoms with Crippen LogP contribution in [-0.2, 0) is 22.6 Å². The van der Waals surface area contributed by atoms with Crippen molar-refractivity contribution in [2.45, 2.75) is 25.9 Å². The predicted octanol–water partition coefficient (Wildman–Crippen LogP) is 3.53. The number of para-hydroxylation sites is 1. The maximum atomic E-state index is 13.0. The molecular formula is C21H22ClN3O2. The topological polar surface area (TPSA) is 65.2 Å². The zero-order valence-corrected chi connectivity index (χ0v) is 16.1. The van der Waals surface area contributed by atoms with Crippen molar-refractivity contribution in [3.8, 4) is 0 Å². The number of H-pyrrole nitrogens is 1. The number of nitrogens with one attached hydrogen (secondary N) is 2. The van der Waals surface area contributed by atoms with Crippen molar-refractivity contribution in [2.75, 3.05) is 7.05 Å². The summed E-state index contributed by atoms with van der Waals surface area (Å²) in [7, 11) is 1.74. The van der Waals surface area contributed by atoms with Gasteiger partial charge in [0.15, 0.2) is 0 Å². The molecular weight excluding hydrogens is 362 g/mol. The molecule has 0 saturated heterocycles. The lowest BCUT2D eigenvalue weighted by Gasteiger charge is -2.24. The summed E-state index contributed by atoms with van der Waals surface area (Å²) in [6.07, 6.45) is 2.32. The molecule has 6 heteroatoms. The summed E-state index contributed by atoms with van der Waals surface area (Å²) in [4.78, 5) is 29.5. The van der Waals surface area contributed by atoms with Crippen LogP contribution in [0.2, 0.25) is 5.02 Å². The van der Waals surface area contributed by atoms with Crippen LogP contribution in [-0.4, -0.2) is 34.8 Å². The summed E-state index contributed by atoms with van der Waals surface area (Å²) in [6.45, 7) is 1.87. The third kappa shape index (κ3) is 4.68. The molecule has 1 aromatic heterocycles. The molecule has 3 aromatic rings. The maximum Gasteiger partial charge on any atom is 0.245 e. The number of hydrogen-bond donors (Lipinski definition) is 2. The van der Waals surface area contributed by atoms with E-state index in [1.54, 1.807) is 24.1 Å². The number of aromatic amines is 1. The largest absolute Gasteiger partial charge is 0.361 e. The molecule has 140 valence electrons. The van der Waals surface area contributed by atoms with Gasteiger partial charge in [0.1, 0.15) is 6.04 Å². The third-order valence-electron chi connectivity index (χ3n) is 4.48. The highest BCUT2D eigenvalue weighted by Gasteiger charge is 2.24. The molecule has 0 fully saturated rings. The van der Waals surface area contributed by atoms with Crippen LogP contribution in [0.3, 0.4) is 0 Å². The molecule has 0 aliphatic rings. The summed E-state index contributed by atoms with van der Waals surface area (Å²) in [5.74, 6) is -0.362. The lowest BCUT2D eigenvalue weighted by molar-refractivity contribution is -0.135. The van der Waals surface area contributed by atoms with Crippen LogP contribution in [0.5, 0.6) is 0 Å². The second-order valence-electron chi connectivity index (χ2n) is 6.64. The smallest absolute Gasteiger partial charge is 0.245 e. The number of nitrogens with zero attached hydrogens (tertiary/aromatic N) is 1. The van der Waals surface area contributed by atoms with Crippen LogP contribution in [0.25, 0.3) is 10.9 Å². The zero-order valence-electron chi connectivity index (χ0n) is 15.3. The van der Waals surface area contributed by atoms with Gasteiger partial charge in [-0.2, -0.15) is 0 Å². The highest BCUT2D eigenvalue weighted by molar-refractivity contribution is 6.30. The first-order valence-electron chi connectivity index (χ1n) is 8.75. The molecule has 3 rings (SSSR count). The van der Waals surface area contributed by atoms with Crippen molar-refractivity contribution < 1.29 is 9.59 Å². The van der Waals surface area contributed by atoms with Gasteiger partial charge < -0.3 is 15.2 Å². The van der Waals surface area contributed by atoms with Crippen LogP contribution in [0.15, 0.2) is 54.7 Å². The molecule has 0 radical (unpaired) electrons. The number of hydrogen-bond acceptors (Lipinski definition) is 2. The molecule has 0 saturated carbocycles. The quantitative estimate of drug-likeness (QED) is 0.683. The lowest BCUT2D eigenvalue weighted by atomic mass is 10.0. The third-order valence-corrected chi connectivity index (χ3v) is 4.74. The Morgan fingerprint density at radius 2 is 1.85 bits per heavy atom. The number of likely N-dealkylation sites (N-methyl/N-ethyl adjacent to an activating group) is 1. The molecule has 0 aliphatic heterocycles. The number of aromatic nitrogens is 1. The Hall–Kier alpha value is -2.79. The van der Waals surface area contributed by atoms with Gasteiger partial charge in [-0.3, -0.25) is 9.59 Å². The number of rotatable bonds is 6. The second-order valence-corrected chi connectivity index (χ2v) is 7.07. The molecule has 2 aromatic carbocycles. The van der Waals surface area contributed by atoms with E-state index < -0.39 is 6.04 Å². The maximum absolute atomic E-state index is 13.0. The van der Waals surface area contributed by atoms with E-state index in [4.69, 9.17) is 11.6 Å². The number of halogens is 1. The fourth-order valence-electron chi connectivity index (χ4n) is 3.17. The van der Waals surface area contributed by atoms with E-state index in [1.165, 1.54) is 6.92 Å². The highest BCUT2D eigenvalue weighted by Crippen LogP contribution is 2.20. The van der Waals surface area contributed by atoms with E-state index in [9.17, 15) is 9.59 Å². The van der Waals surface area contributed by atoms with Crippen LogP contribution in [0.1, 0.15) is 18.1 Å². The van der Waals surface area contributed by atoms with Crippen molar-refractivity contribution in [3.63, 3.8) is 0 Å². The molecule has 0 aliphatic carbocycles. The highest BCUT2D eigenvalue weighted by atomic mass is 35.5. The molecule has 5 nitrogen and oxygen atoms in total. The van der Waals surface area contributed by atoms with Crippen molar-refractivity contribution in [1.82, 2.24) is 15.2 Å². The van der Waals surface area contributed by atoms with Gasteiger partial charge in [-0.15, -0.1) is 0 Å². The van der Waals surface area contributed by atoms with Crippen molar-refractivity contribution >= 4 is 34.3 Å².